The normalized spacial score (nSPS) is 19.2. The van der Waals surface area contributed by atoms with Crippen molar-refractivity contribution < 1.29 is 4.92 Å². The quantitative estimate of drug-likeness (QED) is 0.432. The van der Waals surface area contributed by atoms with Crippen molar-refractivity contribution >= 4 is 33.4 Å². The van der Waals surface area contributed by atoms with Crippen LogP contribution in [0.25, 0.3) is 0 Å². The highest BCUT2D eigenvalue weighted by Gasteiger charge is 2.21. The molecule has 1 saturated carbocycles. The van der Waals surface area contributed by atoms with Crippen LogP contribution in [0.3, 0.4) is 0 Å². The van der Waals surface area contributed by atoms with E-state index in [-0.39, 0.29) is 17.5 Å². The first-order valence-corrected chi connectivity index (χ1v) is 10.2. The van der Waals surface area contributed by atoms with Gasteiger partial charge in [-0.1, -0.05) is 28.1 Å². The molecule has 1 heterocycles. The molecule has 1 aliphatic rings. The van der Waals surface area contributed by atoms with Gasteiger partial charge in [-0.2, -0.15) is 4.98 Å². The van der Waals surface area contributed by atoms with Gasteiger partial charge < -0.3 is 16.4 Å². The van der Waals surface area contributed by atoms with Crippen LogP contribution in [0.15, 0.2) is 28.9 Å². The number of halogens is 1. The highest BCUT2D eigenvalue weighted by Crippen LogP contribution is 2.27. The summed E-state index contributed by atoms with van der Waals surface area (Å²) < 4.78 is 1.03. The SMILES string of the molecule is Cc1c(Br)cccc1CNc1ncc([N+](=O)[O-])c(NCC2CCC(N)CC2)n1. The Morgan fingerprint density at radius 3 is 2.75 bits per heavy atom. The highest BCUT2D eigenvalue weighted by atomic mass is 79.9. The number of nitrogens with one attached hydrogen (secondary N) is 2. The molecule has 3 rings (SSSR count). The van der Waals surface area contributed by atoms with Crippen molar-refractivity contribution in [3.8, 4) is 0 Å². The number of nitrogens with zero attached hydrogens (tertiary/aromatic N) is 3. The molecule has 9 heteroatoms. The maximum absolute atomic E-state index is 11.3. The van der Waals surface area contributed by atoms with Crippen molar-refractivity contribution in [2.24, 2.45) is 11.7 Å². The number of benzene rings is 1. The smallest absolute Gasteiger partial charge is 0.329 e. The molecule has 1 aromatic heterocycles. The Bertz CT molecular complexity index is 839. The van der Waals surface area contributed by atoms with Crippen LogP contribution in [0.4, 0.5) is 17.5 Å². The lowest BCUT2D eigenvalue weighted by atomic mass is 9.86. The van der Waals surface area contributed by atoms with Crippen LogP contribution in [-0.4, -0.2) is 27.5 Å². The van der Waals surface area contributed by atoms with Crippen LogP contribution in [0.5, 0.6) is 0 Å². The summed E-state index contributed by atoms with van der Waals surface area (Å²) in [4.78, 5) is 19.3. The second-order valence-corrected chi connectivity index (χ2v) is 8.08. The monoisotopic (exact) mass is 448 g/mol. The van der Waals surface area contributed by atoms with Crippen LogP contribution >= 0.6 is 15.9 Å². The predicted molar refractivity (Wildman–Crippen MR) is 113 cm³/mol. The first-order valence-electron chi connectivity index (χ1n) is 9.42. The van der Waals surface area contributed by atoms with Crippen molar-refractivity contribution in [2.75, 3.05) is 17.2 Å². The molecule has 0 amide bonds. The minimum absolute atomic E-state index is 0.114. The summed E-state index contributed by atoms with van der Waals surface area (Å²) in [6.07, 6.45) is 5.30. The van der Waals surface area contributed by atoms with E-state index in [1.165, 1.54) is 6.20 Å². The van der Waals surface area contributed by atoms with Gasteiger partial charge in [0.15, 0.2) is 0 Å². The number of aromatic nitrogens is 2. The lowest BCUT2D eigenvalue weighted by Gasteiger charge is -2.26. The molecule has 2 aromatic rings. The maximum Gasteiger partial charge on any atom is 0.329 e. The summed E-state index contributed by atoms with van der Waals surface area (Å²) in [5.74, 6) is 1.07. The lowest BCUT2D eigenvalue weighted by Crippen LogP contribution is -2.29. The van der Waals surface area contributed by atoms with Gasteiger partial charge in [-0.25, -0.2) is 4.98 Å². The van der Waals surface area contributed by atoms with Crippen molar-refractivity contribution in [2.45, 2.75) is 45.2 Å². The molecular formula is C19H25BrN6O2. The van der Waals surface area contributed by atoms with E-state index in [0.717, 1.165) is 41.3 Å². The molecule has 150 valence electrons. The average Bonchev–Trinajstić information content (AvgIpc) is 2.68. The Labute approximate surface area is 172 Å². The van der Waals surface area contributed by atoms with Gasteiger partial charge in [0.25, 0.3) is 0 Å². The van der Waals surface area contributed by atoms with Crippen LogP contribution in [0, 0.1) is 23.0 Å². The fourth-order valence-corrected chi connectivity index (χ4v) is 3.78. The highest BCUT2D eigenvalue weighted by molar-refractivity contribution is 9.10. The van der Waals surface area contributed by atoms with Gasteiger partial charge in [0.05, 0.1) is 4.92 Å². The predicted octanol–water partition coefficient (Wildman–Crippen LogP) is 4.00. The van der Waals surface area contributed by atoms with E-state index >= 15 is 0 Å². The van der Waals surface area contributed by atoms with Crippen LogP contribution < -0.4 is 16.4 Å². The lowest BCUT2D eigenvalue weighted by molar-refractivity contribution is -0.384. The zero-order valence-corrected chi connectivity index (χ0v) is 17.4. The molecule has 4 N–H and O–H groups in total. The summed E-state index contributed by atoms with van der Waals surface area (Å²) in [6.45, 7) is 3.21. The topological polar surface area (TPSA) is 119 Å². The number of hydrogen-bond donors (Lipinski definition) is 3. The van der Waals surface area contributed by atoms with Gasteiger partial charge in [-0.3, -0.25) is 10.1 Å². The second kappa shape index (κ2) is 9.29. The van der Waals surface area contributed by atoms with Gasteiger partial charge in [-0.15, -0.1) is 0 Å². The van der Waals surface area contributed by atoms with Crippen molar-refractivity contribution in [3.63, 3.8) is 0 Å². The van der Waals surface area contributed by atoms with Gasteiger partial charge in [-0.05, 0) is 55.7 Å². The van der Waals surface area contributed by atoms with E-state index in [1.54, 1.807) is 0 Å². The minimum atomic E-state index is -0.457. The van der Waals surface area contributed by atoms with Gasteiger partial charge in [0.2, 0.25) is 11.8 Å². The Balaban J connectivity index is 1.68. The standard InChI is InChI=1S/C19H25BrN6O2/c1-12-14(3-2-4-16(12)20)10-23-19-24-11-17(26(27)28)18(25-19)22-9-13-5-7-15(21)8-6-13/h2-4,11,13,15H,5-10,21H2,1H3,(H2,22,23,24,25). The molecule has 0 spiro atoms. The number of anilines is 2. The molecule has 0 unspecified atom stereocenters. The van der Waals surface area contributed by atoms with Crippen LogP contribution in [-0.2, 0) is 6.54 Å². The third kappa shape index (κ3) is 5.17. The Kier molecular flexibility index (Phi) is 6.79. The largest absolute Gasteiger partial charge is 0.364 e. The zero-order valence-electron chi connectivity index (χ0n) is 15.8. The summed E-state index contributed by atoms with van der Waals surface area (Å²) in [5, 5.41) is 17.6. The van der Waals surface area contributed by atoms with E-state index in [0.29, 0.717) is 25.0 Å². The first-order chi connectivity index (χ1) is 13.4. The van der Waals surface area contributed by atoms with E-state index in [1.807, 2.05) is 25.1 Å². The van der Waals surface area contributed by atoms with E-state index in [9.17, 15) is 10.1 Å². The third-order valence-corrected chi connectivity index (χ3v) is 6.09. The number of nitrogens with two attached hydrogens (primary N) is 1. The van der Waals surface area contributed by atoms with Crippen LogP contribution in [0.2, 0.25) is 0 Å². The average molecular weight is 449 g/mol. The molecule has 0 atom stereocenters. The zero-order chi connectivity index (χ0) is 20.1. The van der Waals surface area contributed by atoms with E-state index in [4.69, 9.17) is 5.73 Å². The van der Waals surface area contributed by atoms with Gasteiger partial charge >= 0.3 is 5.69 Å². The fourth-order valence-electron chi connectivity index (χ4n) is 3.38. The molecule has 0 aliphatic heterocycles. The van der Waals surface area contributed by atoms with Gasteiger partial charge in [0.1, 0.15) is 6.20 Å². The van der Waals surface area contributed by atoms with Crippen molar-refractivity contribution in [1.82, 2.24) is 9.97 Å². The molecule has 1 aliphatic carbocycles. The second-order valence-electron chi connectivity index (χ2n) is 7.22. The molecule has 0 radical (unpaired) electrons. The maximum atomic E-state index is 11.3. The summed E-state index contributed by atoms with van der Waals surface area (Å²) in [6, 6.07) is 6.25. The Morgan fingerprint density at radius 1 is 1.29 bits per heavy atom. The van der Waals surface area contributed by atoms with E-state index < -0.39 is 4.92 Å². The molecule has 8 nitrogen and oxygen atoms in total. The molecule has 1 aromatic carbocycles. The minimum Gasteiger partial charge on any atom is -0.364 e. The summed E-state index contributed by atoms with van der Waals surface area (Å²) in [7, 11) is 0. The molecule has 0 bridgehead atoms. The molecule has 28 heavy (non-hydrogen) atoms. The van der Waals surface area contributed by atoms with Crippen LogP contribution in [0.1, 0.15) is 36.8 Å². The van der Waals surface area contributed by atoms with Gasteiger partial charge in [0, 0.05) is 23.6 Å². The summed E-state index contributed by atoms with van der Waals surface area (Å²) in [5.41, 5.74) is 8.07. The molecular weight excluding hydrogens is 424 g/mol. The van der Waals surface area contributed by atoms with Crippen molar-refractivity contribution in [3.05, 3.63) is 50.1 Å². The number of nitro groups is 1. The fraction of sp³-hybridized carbons (Fsp3) is 0.474. The molecule has 1 fully saturated rings. The third-order valence-electron chi connectivity index (χ3n) is 5.23. The first kappa shape index (κ1) is 20.5. The number of rotatable bonds is 7. The molecule has 0 saturated heterocycles. The van der Waals surface area contributed by atoms with Crippen molar-refractivity contribution in [1.29, 1.82) is 0 Å². The number of hydrogen-bond acceptors (Lipinski definition) is 7. The Morgan fingerprint density at radius 2 is 2.04 bits per heavy atom. The Hall–Kier alpha value is -2.26. The van der Waals surface area contributed by atoms with E-state index in [2.05, 4.69) is 36.5 Å². The summed E-state index contributed by atoms with van der Waals surface area (Å²) >= 11 is 3.52.